The number of nitro groups is 1. The first-order chi connectivity index (χ1) is 6.79. The molecule has 84 valence electrons. The number of anilines is 1. The molecular formula is C9H16N4O2. The molecule has 1 aromatic heterocycles. The molecule has 0 aliphatic rings. The van der Waals surface area contributed by atoms with Crippen LogP contribution < -0.4 is 5.73 Å². The van der Waals surface area contributed by atoms with E-state index in [0.29, 0.717) is 12.2 Å². The van der Waals surface area contributed by atoms with Crippen LogP contribution >= 0.6 is 0 Å². The van der Waals surface area contributed by atoms with Crippen LogP contribution in [0.1, 0.15) is 33.4 Å². The highest BCUT2D eigenvalue weighted by Gasteiger charge is 2.33. The fraction of sp³-hybridized carbons (Fsp3) is 0.667. The highest BCUT2D eigenvalue weighted by Crippen LogP contribution is 2.34. The molecule has 0 aliphatic heterocycles. The summed E-state index contributed by atoms with van der Waals surface area (Å²) in [5, 5.41) is 15.1. The molecule has 0 aromatic carbocycles. The van der Waals surface area contributed by atoms with Gasteiger partial charge in [0.05, 0.1) is 4.92 Å². The van der Waals surface area contributed by atoms with Crippen LogP contribution in [-0.2, 0) is 12.0 Å². The van der Waals surface area contributed by atoms with Gasteiger partial charge in [0.25, 0.3) is 0 Å². The van der Waals surface area contributed by atoms with Crippen molar-refractivity contribution in [1.82, 2.24) is 9.78 Å². The highest BCUT2D eigenvalue weighted by atomic mass is 16.6. The van der Waals surface area contributed by atoms with E-state index in [1.807, 2.05) is 27.7 Å². The molecule has 0 radical (unpaired) electrons. The van der Waals surface area contributed by atoms with Gasteiger partial charge in [0, 0.05) is 12.0 Å². The predicted octanol–water partition coefficient (Wildman–Crippen LogP) is 1.69. The molecular weight excluding hydrogens is 196 g/mol. The van der Waals surface area contributed by atoms with Crippen LogP contribution in [0.4, 0.5) is 11.5 Å². The Kier molecular flexibility index (Phi) is 2.70. The first-order valence-electron chi connectivity index (χ1n) is 4.80. The van der Waals surface area contributed by atoms with Crippen LogP contribution in [0.3, 0.4) is 0 Å². The largest absolute Gasteiger partial charge is 0.378 e. The molecule has 0 fully saturated rings. The maximum Gasteiger partial charge on any atom is 0.334 e. The molecule has 0 saturated carbocycles. The summed E-state index contributed by atoms with van der Waals surface area (Å²) in [5.41, 5.74) is 5.66. The van der Waals surface area contributed by atoms with Crippen molar-refractivity contribution in [3.8, 4) is 0 Å². The summed E-state index contributed by atoms with van der Waals surface area (Å²) in [5.74, 6) is 0.132. The zero-order chi connectivity index (χ0) is 11.8. The quantitative estimate of drug-likeness (QED) is 0.597. The zero-order valence-corrected chi connectivity index (χ0v) is 9.44. The predicted molar refractivity (Wildman–Crippen MR) is 57.7 cm³/mol. The lowest BCUT2D eigenvalue weighted by Gasteiger charge is -2.13. The standard InChI is InChI=1S/C9H16N4O2/c1-5-12-8(10)6(13(14)15)7(11-12)9(2,3)4/h5,10H2,1-4H3. The Balaban J connectivity index is 3.45. The zero-order valence-electron chi connectivity index (χ0n) is 9.44. The number of hydrogen-bond donors (Lipinski definition) is 1. The molecule has 0 saturated heterocycles. The Morgan fingerprint density at radius 1 is 1.53 bits per heavy atom. The molecule has 2 N–H and O–H groups in total. The summed E-state index contributed by atoms with van der Waals surface area (Å²) in [6, 6.07) is 0. The molecule has 6 nitrogen and oxygen atoms in total. The molecule has 6 heteroatoms. The lowest BCUT2D eigenvalue weighted by molar-refractivity contribution is -0.385. The Morgan fingerprint density at radius 3 is 2.33 bits per heavy atom. The SMILES string of the molecule is CCn1nc(C(C)(C)C)c([N+](=O)[O-])c1N. The van der Waals surface area contributed by atoms with Gasteiger partial charge in [-0.2, -0.15) is 5.10 Å². The summed E-state index contributed by atoms with van der Waals surface area (Å²) < 4.78 is 1.46. The average Bonchev–Trinajstić information content (AvgIpc) is 2.41. The minimum Gasteiger partial charge on any atom is -0.378 e. The topological polar surface area (TPSA) is 87.0 Å². The molecule has 0 unspecified atom stereocenters. The Bertz CT molecular complexity index is 390. The van der Waals surface area contributed by atoms with Crippen LogP contribution in [0.15, 0.2) is 0 Å². The number of hydrogen-bond acceptors (Lipinski definition) is 4. The van der Waals surface area contributed by atoms with E-state index in [2.05, 4.69) is 5.10 Å². The van der Waals surface area contributed by atoms with Crippen LogP contribution in [-0.4, -0.2) is 14.7 Å². The first-order valence-corrected chi connectivity index (χ1v) is 4.80. The van der Waals surface area contributed by atoms with E-state index in [4.69, 9.17) is 5.73 Å². The van der Waals surface area contributed by atoms with Crippen molar-refractivity contribution >= 4 is 11.5 Å². The van der Waals surface area contributed by atoms with Gasteiger partial charge in [-0.3, -0.25) is 10.1 Å². The van der Waals surface area contributed by atoms with Crippen molar-refractivity contribution in [2.75, 3.05) is 5.73 Å². The molecule has 0 spiro atoms. The van der Waals surface area contributed by atoms with Crippen molar-refractivity contribution < 1.29 is 4.92 Å². The monoisotopic (exact) mass is 212 g/mol. The number of aryl methyl sites for hydroxylation is 1. The minimum atomic E-state index is -0.463. The van der Waals surface area contributed by atoms with Crippen molar-refractivity contribution in [1.29, 1.82) is 0 Å². The highest BCUT2D eigenvalue weighted by molar-refractivity contribution is 5.58. The van der Waals surface area contributed by atoms with Crippen molar-refractivity contribution in [2.24, 2.45) is 0 Å². The van der Waals surface area contributed by atoms with Gasteiger partial charge in [0.15, 0.2) is 0 Å². The third-order valence-corrected chi connectivity index (χ3v) is 2.16. The average molecular weight is 212 g/mol. The van der Waals surface area contributed by atoms with Gasteiger partial charge in [-0.1, -0.05) is 20.8 Å². The molecule has 1 rings (SSSR count). The second kappa shape index (κ2) is 3.52. The van der Waals surface area contributed by atoms with Crippen molar-refractivity contribution in [2.45, 2.75) is 39.7 Å². The first kappa shape index (κ1) is 11.5. The third-order valence-electron chi connectivity index (χ3n) is 2.16. The van der Waals surface area contributed by atoms with Crippen molar-refractivity contribution in [3.05, 3.63) is 15.8 Å². The molecule has 1 heterocycles. The lowest BCUT2D eigenvalue weighted by atomic mass is 9.91. The maximum absolute atomic E-state index is 10.9. The second-order valence-electron chi connectivity index (χ2n) is 4.41. The van der Waals surface area contributed by atoms with E-state index in [1.54, 1.807) is 0 Å². The maximum atomic E-state index is 10.9. The summed E-state index contributed by atoms with van der Waals surface area (Å²) in [6.45, 7) is 8.01. The van der Waals surface area contributed by atoms with Crippen molar-refractivity contribution in [3.63, 3.8) is 0 Å². The number of nitrogens with two attached hydrogens (primary N) is 1. The Morgan fingerprint density at radius 2 is 2.07 bits per heavy atom. The Labute approximate surface area is 88.2 Å². The lowest BCUT2D eigenvalue weighted by Crippen LogP contribution is -2.14. The van der Waals surface area contributed by atoms with Crippen LogP contribution in [0.25, 0.3) is 0 Å². The third kappa shape index (κ3) is 1.93. The smallest absolute Gasteiger partial charge is 0.334 e. The molecule has 0 bridgehead atoms. The van der Waals surface area contributed by atoms with E-state index < -0.39 is 4.92 Å². The molecule has 0 aliphatic carbocycles. The fourth-order valence-electron chi connectivity index (χ4n) is 1.39. The van der Waals surface area contributed by atoms with Crippen LogP contribution in [0, 0.1) is 10.1 Å². The summed E-state index contributed by atoms with van der Waals surface area (Å²) >= 11 is 0. The van der Waals surface area contributed by atoms with E-state index in [1.165, 1.54) is 4.68 Å². The van der Waals surface area contributed by atoms with E-state index in [9.17, 15) is 10.1 Å². The molecule has 0 atom stereocenters. The van der Waals surface area contributed by atoms with Gasteiger partial charge in [0.2, 0.25) is 5.82 Å². The van der Waals surface area contributed by atoms with Gasteiger partial charge >= 0.3 is 5.69 Å². The fourth-order valence-corrected chi connectivity index (χ4v) is 1.39. The van der Waals surface area contributed by atoms with E-state index in [0.717, 1.165) is 0 Å². The number of aromatic nitrogens is 2. The van der Waals surface area contributed by atoms with E-state index >= 15 is 0 Å². The number of nitrogens with zero attached hydrogens (tertiary/aromatic N) is 3. The molecule has 15 heavy (non-hydrogen) atoms. The van der Waals surface area contributed by atoms with Gasteiger partial charge in [-0.25, -0.2) is 4.68 Å². The second-order valence-corrected chi connectivity index (χ2v) is 4.41. The summed E-state index contributed by atoms with van der Waals surface area (Å²) in [7, 11) is 0. The number of nitrogen functional groups attached to an aromatic ring is 1. The normalized spacial score (nSPS) is 11.7. The minimum absolute atomic E-state index is 0.0654. The molecule has 1 aromatic rings. The molecule has 0 amide bonds. The van der Waals surface area contributed by atoms with Crippen LogP contribution in [0.2, 0.25) is 0 Å². The summed E-state index contributed by atoms with van der Waals surface area (Å²) in [4.78, 5) is 10.4. The summed E-state index contributed by atoms with van der Waals surface area (Å²) in [6.07, 6.45) is 0. The van der Waals surface area contributed by atoms with E-state index in [-0.39, 0.29) is 16.9 Å². The van der Waals surface area contributed by atoms with Gasteiger partial charge < -0.3 is 5.73 Å². The van der Waals surface area contributed by atoms with Crippen LogP contribution in [0.5, 0.6) is 0 Å². The van der Waals surface area contributed by atoms with Gasteiger partial charge in [0.1, 0.15) is 5.69 Å². The van der Waals surface area contributed by atoms with Gasteiger partial charge in [-0.05, 0) is 6.92 Å². The van der Waals surface area contributed by atoms with Gasteiger partial charge in [-0.15, -0.1) is 0 Å². The number of rotatable bonds is 2. The Hall–Kier alpha value is -1.59.